The fourth-order valence-corrected chi connectivity index (χ4v) is 2.19. The Bertz CT molecular complexity index is 388. The van der Waals surface area contributed by atoms with Crippen molar-refractivity contribution < 1.29 is 4.74 Å². The van der Waals surface area contributed by atoms with Gasteiger partial charge < -0.3 is 15.4 Å². The summed E-state index contributed by atoms with van der Waals surface area (Å²) in [6, 6.07) is 6.80. The van der Waals surface area contributed by atoms with Crippen LogP contribution in [0.3, 0.4) is 0 Å². The zero-order valence-corrected chi connectivity index (χ0v) is 12.9. The van der Waals surface area contributed by atoms with E-state index in [1.807, 2.05) is 6.92 Å². The molecule has 0 bridgehead atoms. The Balaban J connectivity index is 2.62. The summed E-state index contributed by atoms with van der Waals surface area (Å²) < 4.78 is 5.59. The number of aryl methyl sites for hydroxylation is 1. The van der Waals surface area contributed by atoms with Crippen LogP contribution in [0.25, 0.3) is 0 Å². The summed E-state index contributed by atoms with van der Waals surface area (Å²) in [7, 11) is 2.11. The predicted molar refractivity (Wildman–Crippen MR) is 82.9 cm³/mol. The van der Waals surface area contributed by atoms with E-state index in [0.29, 0.717) is 6.10 Å². The Morgan fingerprint density at radius 1 is 1.26 bits per heavy atom. The molecule has 1 aromatic rings. The fraction of sp³-hybridized carbons (Fsp3) is 0.625. The van der Waals surface area contributed by atoms with Crippen LogP contribution < -0.4 is 10.6 Å². The largest absolute Gasteiger partial charge is 0.377 e. The molecule has 1 unspecified atom stereocenters. The van der Waals surface area contributed by atoms with E-state index in [9.17, 15) is 0 Å². The second kappa shape index (κ2) is 7.51. The molecule has 0 heterocycles. The maximum absolute atomic E-state index is 5.84. The highest BCUT2D eigenvalue weighted by molar-refractivity contribution is 5.54. The van der Waals surface area contributed by atoms with Crippen LogP contribution in [0, 0.1) is 6.92 Å². The highest BCUT2D eigenvalue weighted by Gasteiger charge is 2.07. The van der Waals surface area contributed by atoms with E-state index in [0.717, 1.165) is 19.6 Å². The number of likely N-dealkylation sites (N-methyl/N-ethyl adjacent to an activating group) is 1. The van der Waals surface area contributed by atoms with Crippen molar-refractivity contribution in [3.63, 3.8) is 0 Å². The molecule has 0 radical (unpaired) electrons. The first-order valence-corrected chi connectivity index (χ1v) is 7.08. The highest BCUT2D eigenvalue weighted by atomic mass is 16.5. The van der Waals surface area contributed by atoms with E-state index in [2.05, 4.69) is 50.9 Å². The van der Waals surface area contributed by atoms with Gasteiger partial charge in [-0.1, -0.05) is 12.1 Å². The monoisotopic (exact) mass is 264 g/mol. The minimum atomic E-state index is 0.211. The van der Waals surface area contributed by atoms with Gasteiger partial charge in [-0.2, -0.15) is 0 Å². The minimum Gasteiger partial charge on any atom is -0.377 e. The van der Waals surface area contributed by atoms with E-state index in [1.165, 1.54) is 16.8 Å². The first-order valence-electron chi connectivity index (χ1n) is 7.08. The van der Waals surface area contributed by atoms with Crippen LogP contribution in [0.4, 0.5) is 5.69 Å². The lowest BCUT2D eigenvalue weighted by molar-refractivity contribution is 0.0846. The van der Waals surface area contributed by atoms with Crippen molar-refractivity contribution in [2.24, 2.45) is 5.73 Å². The Hall–Kier alpha value is -1.06. The smallest absolute Gasteiger partial charge is 0.0644 e. The lowest BCUT2D eigenvalue weighted by atomic mass is 10.0. The van der Waals surface area contributed by atoms with E-state index in [4.69, 9.17) is 10.5 Å². The molecular formula is C16H28N2O. The van der Waals surface area contributed by atoms with Gasteiger partial charge in [-0.25, -0.2) is 0 Å². The second-order valence-corrected chi connectivity index (χ2v) is 5.64. The third-order valence-corrected chi connectivity index (χ3v) is 3.11. The Labute approximate surface area is 117 Å². The van der Waals surface area contributed by atoms with Crippen molar-refractivity contribution in [2.75, 3.05) is 25.1 Å². The van der Waals surface area contributed by atoms with Crippen molar-refractivity contribution in [1.82, 2.24) is 0 Å². The second-order valence-electron chi connectivity index (χ2n) is 5.64. The molecule has 0 amide bonds. The standard InChI is InChI=1S/C16H28N2O/c1-12(2)19-9-8-18(5)16-7-6-15(10-13(16)3)11-14(4)17/h6-7,10,12,14H,8-9,11,17H2,1-5H3. The van der Waals surface area contributed by atoms with Crippen LogP contribution in [-0.4, -0.2) is 32.3 Å². The average Bonchev–Trinajstić information content (AvgIpc) is 2.27. The number of ether oxygens (including phenoxy) is 1. The summed E-state index contributed by atoms with van der Waals surface area (Å²) in [5.41, 5.74) is 9.71. The van der Waals surface area contributed by atoms with Gasteiger partial charge >= 0.3 is 0 Å². The van der Waals surface area contributed by atoms with Gasteiger partial charge in [0.05, 0.1) is 12.7 Å². The van der Waals surface area contributed by atoms with E-state index in [1.54, 1.807) is 0 Å². The Morgan fingerprint density at radius 3 is 2.47 bits per heavy atom. The van der Waals surface area contributed by atoms with Gasteiger partial charge in [-0.3, -0.25) is 0 Å². The molecule has 19 heavy (non-hydrogen) atoms. The summed E-state index contributed by atoms with van der Waals surface area (Å²) in [4.78, 5) is 2.24. The molecule has 0 saturated carbocycles. The number of benzene rings is 1. The predicted octanol–water partition coefficient (Wildman–Crippen LogP) is 2.75. The van der Waals surface area contributed by atoms with Gasteiger partial charge in [0.25, 0.3) is 0 Å². The lowest BCUT2D eigenvalue weighted by Crippen LogP contribution is -2.24. The molecule has 0 aliphatic heterocycles. The van der Waals surface area contributed by atoms with Crippen molar-refractivity contribution in [1.29, 1.82) is 0 Å². The maximum atomic E-state index is 5.84. The molecule has 1 rings (SSSR count). The number of nitrogens with zero attached hydrogens (tertiary/aromatic N) is 1. The zero-order chi connectivity index (χ0) is 14.4. The first kappa shape index (κ1) is 16.0. The normalized spacial score (nSPS) is 12.8. The van der Waals surface area contributed by atoms with Gasteiger partial charge in [0, 0.05) is 25.3 Å². The average molecular weight is 264 g/mol. The number of hydrogen-bond donors (Lipinski definition) is 1. The van der Waals surface area contributed by atoms with Gasteiger partial charge in [0.1, 0.15) is 0 Å². The number of nitrogens with two attached hydrogens (primary N) is 1. The topological polar surface area (TPSA) is 38.5 Å². The van der Waals surface area contributed by atoms with Crippen molar-refractivity contribution in [3.8, 4) is 0 Å². The van der Waals surface area contributed by atoms with Crippen LogP contribution in [0.15, 0.2) is 18.2 Å². The third-order valence-electron chi connectivity index (χ3n) is 3.11. The summed E-state index contributed by atoms with van der Waals surface area (Å²) >= 11 is 0. The Morgan fingerprint density at radius 2 is 1.95 bits per heavy atom. The maximum Gasteiger partial charge on any atom is 0.0644 e. The summed E-state index contributed by atoms with van der Waals surface area (Å²) in [6.45, 7) is 9.99. The number of hydrogen-bond acceptors (Lipinski definition) is 3. The van der Waals surface area contributed by atoms with Crippen molar-refractivity contribution in [3.05, 3.63) is 29.3 Å². The van der Waals surface area contributed by atoms with Gasteiger partial charge in [0.15, 0.2) is 0 Å². The minimum absolute atomic E-state index is 0.211. The van der Waals surface area contributed by atoms with E-state index in [-0.39, 0.29) is 6.04 Å². The van der Waals surface area contributed by atoms with Crippen molar-refractivity contribution in [2.45, 2.75) is 46.3 Å². The van der Waals surface area contributed by atoms with Gasteiger partial charge in [-0.05, 0) is 51.3 Å². The molecular weight excluding hydrogens is 236 g/mol. The van der Waals surface area contributed by atoms with Crippen molar-refractivity contribution >= 4 is 5.69 Å². The molecule has 0 fully saturated rings. The summed E-state index contributed by atoms with van der Waals surface area (Å²) in [5.74, 6) is 0. The molecule has 0 aliphatic rings. The van der Waals surface area contributed by atoms with Crippen LogP contribution in [0.5, 0.6) is 0 Å². The third kappa shape index (κ3) is 5.62. The molecule has 0 spiro atoms. The van der Waals surface area contributed by atoms with Gasteiger partial charge in [-0.15, -0.1) is 0 Å². The quantitative estimate of drug-likeness (QED) is 0.823. The van der Waals surface area contributed by atoms with E-state index < -0.39 is 0 Å². The molecule has 1 aromatic carbocycles. The Kier molecular flexibility index (Phi) is 6.32. The van der Waals surface area contributed by atoms with E-state index >= 15 is 0 Å². The number of anilines is 1. The molecule has 0 aliphatic carbocycles. The molecule has 0 aromatic heterocycles. The fourth-order valence-electron chi connectivity index (χ4n) is 2.19. The zero-order valence-electron chi connectivity index (χ0n) is 12.9. The lowest BCUT2D eigenvalue weighted by Gasteiger charge is -2.22. The van der Waals surface area contributed by atoms with Crippen LogP contribution in [0.1, 0.15) is 31.9 Å². The molecule has 0 saturated heterocycles. The van der Waals surface area contributed by atoms with Gasteiger partial charge in [0.2, 0.25) is 0 Å². The highest BCUT2D eigenvalue weighted by Crippen LogP contribution is 2.20. The SMILES string of the molecule is Cc1cc(CC(C)N)ccc1N(C)CCOC(C)C. The molecule has 2 N–H and O–H groups in total. The molecule has 1 atom stereocenters. The van der Waals surface area contributed by atoms with Crippen LogP contribution in [0.2, 0.25) is 0 Å². The number of rotatable bonds is 7. The summed E-state index contributed by atoms with van der Waals surface area (Å²) in [6.07, 6.45) is 1.23. The first-order chi connectivity index (χ1) is 8.90. The molecule has 3 heteroatoms. The molecule has 108 valence electrons. The summed E-state index contributed by atoms with van der Waals surface area (Å²) in [5, 5.41) is 0. The van der Waals surface area contributed by atoms with Crippen LogP contribution >= 0.6 is 0 Å². The molecule has 3 nitrogen and oxygen atoms in total. The van der Waals surface area contributed by atoms with Crippen LogP contribution in [-0.2, 0) is 11.2 Å².